The van der Waals surface area contributed by atoms with E-state index in [1.54, 1.807) is 24.5 Å². The molecular weight excluding hydrogens is 261 g/mol. The van der Waals surface area contributed by atoms with Crippen LogP contribution in [0.5, 0.6) is 0 Å². The standard InChI is InChI=1S/C11H15N3O.2ClH/c12-10-2-1-7-14(8-10)11(15)9-3-5-13-6-4-9;;/h3-6,10H,1-2,7-8,12H2;2*1H/t10-;;/m1../s1. The van der Waals surface area contributed by atoms with Crippen molar-refractivity contribution in [2.45, 2.75) is 18.9 Å². The van der Waals surface area contributed by atoms with Crippen molar-refractivity contribution in [3.05, 3.63) is 30.1 Å². The van der Waals surface area contributed by atoms with E-state index in [9.17, 15) is 4.79 Å². The van der Waals surface area contributed by atoms with Crippen molar-refractivity contribution >= 4 is 30.7 Å². The van der Waals surface area contributed by atoms with Crippen LogP contribution < -0.4 is 5.73 Å². The van der Waals surface area contributed by atoms with E-state index >= 15 is 0 Å². The number of carbonyl (C=O) groups excluding carboxylic acids is 1. The fourth-order valence-corrected chi connectivity index (χ4v) is 1.87. The summed E-state index contributed by atoms with van der Waals surface area (Å²) >= 11 is 0. The number of hydrogen-bond donors (Lipinski definition) is 1. The Bertz CT molecular complexity index is 348. The Labute approximate surface area is 113 Å². The van der Waals surface area contributed by atoms with Gasteiger partial charge in [0.1, 0.15) is 0 Å². The molecule has 0 aromatic carbocycles. The van der Waals surface area contributed by atoms with Gasteiger partial charge in [-0.2, -0.15) is 0 Å². The van der Waals surface area contributed by atoms with Crippen LogP contribution in [0.2, 0.25) is 0 Å². The highest BCUT2D eigenvalue weighted by Crippen LogP contribution is 2.11. The highest BCUT2D eigenvalue weighted by atomic mass is 35.5. The number of likely N-dealkylation sites (tertiary alicyclic amines) is 1. The van der Waals surface area contributed by atoms with E-state index in [4.69, 9.17) is 5.73 Å². The topological polar surface area (TPSA) is 59.2 Å². The third kappa shape index (κ3) is 4.15. The van der Waals surface area contributed by atoms with Crippen LogP contribution in [0.1, 0.15) is 23.2 Å². The molecule has 1 atom stereocenters. The summed E-state index contributed by atoms with van der Waals surface area (Å²) in [5.74, 6) is 0.0625. The third-order valence-corrected chi connectivity index (χ3v) is 2.67. The molecule has 0 saturated carbocycles. The van der Waals surface area contributed by atoms with Gasteiger partial charge >= 0.3 is 0 Å². The van der Waals surface area contributed by atoms with Crippen LogP contribution in [-0.4, -0.2) is 34.9 Å². The largest absolute Gasteiger partial charge is 0.337 e. The van der Waals surface area contributed by atoms with E-state index in [-0.39, 0.29) is 36.8 Å². The second-order valence-electron chi connectivity index (χ2n) is 3.89. The summed E-state index contributed by atoms with van der Waals surface area (Å²) in [5, 5.41) is 0. The van der Waals surface area contributed by atoms with Gasteiger partial charge in [0.15, 0.2) is 0 Å². The van der Waals surface area contributed by atoms with E-state index in [2.05, 4.69) is 4.98 Å². The first kappa shape index (κ1) is 16.2. The lowest BCUT2D eigenvalue weighted by atomic mass is 10.1. The second-order valence-corrected chi connectivity index (χ2v) is 3.89. The summed E-state index contributed by atoms with van der Waals surface area (Å²) in [4.78, 5) is 17.7. The van der Waals surface area contributed by atoms with Gasteiger partial charge in [-0.15, -0.1) is 24.8 Å². The molecule has 4 nitrogen and oxygen atoms in total. The van der Waals surface area contributed by atoms with Crippen molar-refractivity contribution in [1.29, 1.82) is 0 Å². The summed E-state index contributed by atoms with van der Waals surface area (Å²) in [7, 11) is 0. The monoisotopic (exact) mass is 277 g/mol. The number of nitrogens with two attached hydrogens (primary N) is 1. The summed E-state index contributed by atoms with van der Waals surface area (Å²) < 4.78 is 0. The number of nitrogens with zero attached hydrogens (tertiary/aromatic N) is 2. The molecule has 1 fully saturated rings. The van der Waals surface area contributed by atoms with Gasteiger partial charge in [0, 0.05) is 37.1 Å². The van der Waals surface area contributed by atoms with Gasteiger partial charge in [-0.25, -0.2) is 0 Å². The molecule has 0 radical (unpaired) electrons. The SMILES string of the molecule is Cl.Cl.N[C@@H]1CCCN(C(=O)c2ccncc2)C1. The Morgan fingerprint density at radius 2 is 2.00 bits per heavy atom. The van der Waals surface area contributed by atoms with Crippen molar-refractivity contribution < 1.29 is 4.79 Å². The van der Waals surface area contributed by atoms with Gasteiger partial charge in [0.05, 0.1) is 0 Å². The van der Waals surface area contributed by atoms with Crippen LogP contribution in [0, 0.1) is 0 Å². The number of piperidine rings is 1. The number of halogens is 2. The first-order valence-corrected chi connectivity index (χ1v) is 5.22. The van der Waals surface area contributed by atoms with Crippen LogP contribution in [-0.2, 0) is 0 Å². The van der Waals surface area contributed by atoms with Crippen molar-refractivity contribution in [2.75, 3.05) is 13.1 Å². The average Bonchev–Trinajstić information content (AvgIpc) is 2.29. The van der Waals surface area contributed by atoms with Crippen LogP contribution in [0.15, 0.2) is 24.5 Å². The molecule has 2 heterocycles. The number of rotatable bonds is 1. The van der Waals surface area contributed by atoms with Gasteiger partial charge in [-0.1, -0.05) is 0 Å². The smallest absolute Gasteiger partial charge is 0.254 e. The van der Waals surface area contributed by atoms with Gasteiger partial charge in [0.25, 0.3) is 5.91 Å². The maximum absolute atomic E-state index is 12.0. The van der Waals surface area contributed by atoms with Gasteiger partial charge in [0.2, 0.25) is 0 Å². The molecule has 1 aliphatic rings. The molecule has 0 unspecified atom stereocenters. The van der Waals surface area contributed by atoms with Gasteiger partial charge < -0.3 is 10.6 Å². The van der Waals surface area contributed by atoms with Crippen molar-refractivity contribution in [3.8, 4) is 0 Å². The molecule has 1 aromatic heterocycles. The van der Waals surface area contributed by atoms with Gasteiger partial charge in [-0.05, 0) is 25.0 Å². The van der Waals surface area contributed by atoms with Crippen molar-refractivity contribution in [3.63, 3.8) is 0 Å². The van der Waals surface area contributed by atoms with Crippen molar-refractivity contribution in [1.82, 2.24) is 9.88 Å². The van der Waals surface area contributed by atoms with Crippen LogP contribution in [0.3, 0.4) is 0 Å². The molecule has 0 bridgehead atoms. The summed E-state index contributed by atoms with van der Waals surface area (Å²) in [6.45, 7) is 1.48. The molecule has 1 amide bonds. The third-order valence-electron chi connectivity index (χ3n) is 2.67. The number of amides is 1. The Hall–Kier alpha value is -0.840. The highest BCUT2D eigenvalue weighted by molar-refractivity contribution is 5.94. The molecule has 0 aliphatic carbocycles. The predicted octanol–water partition coefficient (Wildman–Crippen LogP) is 1.49. The molecule has 17 heavy (non-hydrogen) atoms. The lowest BCUT2D eigenvalue weighted by Crippen LogP contribution is -2.45. The van der Waals surface area contributed by atoms with Crippen molar-refractivity contribution in [2.24, 2.45) is 5.73 Å². The first-order valence-electron chi connectivity index (χ1n) is 5.22. The van der Waals surface area contributed by atoms with Crippen LogP contribution in [0.25, 0.3) is 0 Å². The molecule has 1 aliphatic heterocycles. The normalized spacial score (nSPS) is 18.9. The number of aromatic nitrogens is 1. The zero-order valence-electron chi connectivity index (χ0n) is 9.41. The fourth-order valence-electron chi connectivity index (χ4n) is 1.87. The zero-order chi connectivity index (χ0) is 10.7. The minimum absolute atomic E-state index is 0. The maximum atomic E-state index is 12.0. The van der Waals surface area contributed by atoms with E-state index in [1.807, 2.05) is 4.90 Å². The average molecular weight is 278 g/mol. The summed E-state index contributed by atoms with van der Waals surface area (Å²) in [6.07, 6.45) is 5.28. The van der Waals surface area contributed by atoms with E-state index < -0.39 is 0 Å². The molecular formula is C11H17Cl2N3O. The van der Waals surface area contributed by atoms with Crippen LogP contribution in [0.4, 0.5) is 0 Å². The Morgan fingerprint density at radius 3 is 2.59 bits per heavy atom. The maximum Gasteiger partial charge on any atom is 0.254 e. The molecule has 2 rings (SSSR count). The molecule has 1 aromatic rings. The van der Waals surface area contributed by atoms with Crippen LogP contribution >= 0.6 is 24.8 Å². The predicted molar refractivity (Wildman–Crippen MR) is 71.8 cm³/mol. The van der Waals surface area contributed by atoms with E-state index in [0.29, 0.717) is 12.1 Å². The Morgan fingerprint density at radius 1 is 1.35 bits per heavy atom. The number of carbonyl (C=O) groups is 1. The Balaban J connectivity index is 0.00000128. The fraction of sp³-hybridized carbons (Fsp3) is 0.455. The first-order chi connectivity index (χ1) is 7.27. The quantitative estimate of drug-likeness (QED) is 0.846. The molecule has 0 spiro atoms. The lowest BCUT2D eigenvalue weighted by Gasteiger charge is -2.30. The molecule has 6 heteroatoms. The number of pyridine rings is 1. The lowest BCUT2D eigenvalue weighted by molar-refractivity contribution is 0.0708. The Kier molecular flexibility index (Phi) is 7.11. The number of hydrogen-bond acceptors (Lipinski definition) is 3. The van der Waals surface area contributed by atoms with Gasteiger partial charge in [-0.3, -0.25) is 9.78 Å². The molecule has 96 valence electrons. The minimum Gasteiger partial charge on any atom is -0.337 e. The highest BCUT2D eigenvalue weighted by Gasteiger charge is 2.21. The van der Waals surface area contributed by atoms with E-state index in [0.717, 1.165) is 19.4 Å². The van der Waals surface area contributed by atoms with E-state index in [1.165, 1.54) is 0 Å². The summed E-state index contributed by atoms with van der Waals surface area (Å²) in [6, 6.07) is 3.61. The summed E-state index contributed by atoms with van der Waals surface area (Å²) in [5.41, 5.74) is 6.53. The second kappa shape index (κ2) is 7.48. The minimum atomic E-state index is 0. The molecule has 1 saturated heterocycles. The molecule has 2 N–H and O–H groups in total. The zero-order valence-corrected chi connectivity index (χ0v) is 11.0.